The zero-order valence-corrected chi connectivity index (χ0v) is 17.4. The van der Waals surface area contributed by atoms with E-state index in [-0.39, 0.29) is 42.3 Å². The first-order valence-electron chi connectivity index (χ1n) is 9.76. The molecule has 1 aliphatic heterocycles. The van der Waals surface area contributed by atoms with Crippen LogP contribution < -0.4 is 16.4 Å². The molecule has 0 radical (unpaired) electrons. The Morgan fingerprint density at radius 1 is 1.00 bits per heavy atom. The first-order chi connectivity index (χ1) is 13.5. The first-order valence-corrected chi connectivity index (χ1v) is 9.76. The molecule has 1 fully saturated rings. The lowest BCUT2D eigenvalue weighted by molar-refractivity contribution is -0.136. The molecule has 1 saturated heterocycles. The van der Waals surface area contributed by atoms with Crippen LogP contribution in [0.4, 0.5) is 10.5 Å². The van der Waals surface area contributed by atoms with Gasteiger partial charge in [-0.05, 0) is 30.5 Å². The number of carbonyl (C=O) groups is 2. The predicted octanol–water partition coefficient (Wildman–Crippen LogP) is 3.56. The van der Waals surface area contributed by atoms with E-state index in [1.165, 1.54) is 0 Å². The summed E-state index contributed by atoms with van der Waals surface area (Å²) in [5.74, 6) is -0.211. The number of likely N-dealkylation sites (tertiary alicyclic amines) is 1. The van der Waals surface area contributed by atoms with Gasteiger partial charge in [-0.25, -0.2) is 4.79 Å². The number of hydrogen-bond acceptors (Lipinski definition) is 3. The van der Waals surface area contributed by atoms with Crippen molar-refractivity contribution in [3.05, 3.63) is 66.2 Å². The molecule has 0 spiro atoms. The van der Waals surface area contributed by atoms with Gasteiger partial charge in [0.15, 0.2) is 0 Å². The Morgan fingerprint density at radius 2 is 1.55 bits per heavy atom. The highest BCUT2D eigenvalue weighted by Crippen LogP contribution is 2.23. The van der Waals surface area contributed by atoms with E-state index >= 15 is 0 Å². The Kier molecular flexibility index (Phi) is 8.49. The molecule has 0 saturated carbocycles. The molecule has 2 unspecified atom stereocenters. The van der Waals surface area contributed by atoms with Crippen molar-refractivity contribution in [3.63, 3.8) is 0 Å². The number of para-hydroxylation sites is 1. The minimum Gasteiger partial charge on any atom is -0.342 e. The second-order valence-electron chi connectivity index (χ2n) is 7.29. The summed E-state index contributed by atoms with van der Waals surface area (Å²) in [6.07, 6.45) is 1.47. The van der Waals surface area contributed by atoms with Gasteiger partial charge in [0.1, 0.15) is 0 Å². The van der Waals surface area contributed by atoms with Gasteiger partial charge in [0.2, 0.25) is 5.91 Å². The molecule has 156 valence electrons. The quantitative estimate of drug-likeness (QED) is 0.696. The number of urea groups is 1. The highest BCUT2D eigenvalue weighted by atomic mass is 35.5. The number of rotatable bonds is 5. The minimum atomic E-state index is -0.318. The van der Waals surface area contributed by atoms with E-state index < -0.39 is 0 Å². The molecule has 2 aromatic rings. The molecule has 2 atom stereocenters. The van der Waals surface area contributed by atoms with Crippen molar-refractivity contribution in [2.45, 2.75) is 31.8 Å². The van der Waals surface area contributed by atoms with Gasteiger partial charge in [-0.1, -0.05) is 55.5 Å². The smallest absolute Gasteiger partial charge is 0.319 e. The van der Waals surface area contributed by atoms with Crippen LogP contribution in [-0.2, 0) is 4.79 Å². The predicted molar refractivity (Wildman–Crippen MR) is 118 cm³/mol. The van der Waals surface area contributed by atoms with Crippen LogP contribution in [0.3, 0.4) is 0 Å². The maximum Gasteiger partial charge on any atom is 0.319 e. The van der Waals surface area contributed by atoms with Gasteiger partial charge >= 0.3 is 6.03 Å². The molecule has 2 aromatic carbocycles. The fourth-order valence-corrected chi connectivity index (χ4v) is 3.52. The molecule has 6 nitrogen and oxygen atoms in total. The van der Waals surface area contributed by atoms with E-state index in [0.29, 0.717) is 13.1 Å². The number of nitrogens with one attached hydrogen (secondary N) is 2. The van der Waals surface area contributed by atoms with Crippen LogP contribution >= 0.6 is 12.4 Å². The molecule has 0 bridgehead atoms. The van der Waals surface area contributed by atoms with Crippen LogP contribution in [0.5, 0.6) is 0 Å². The SMILES string of the molecule is CC(C(=O)N1CCC(NC(=O)Nc2ccccc2)CC1)C(N)c1ccccc1.Cl. The molecule has 1 aliphatic rings. The summed E-state index contributed by atoms with van der Waals surface area (Å²) < 4.78 is 0. The van der Waals surface area contributed by atoms with Crippen molar-refractivity contribution < 1.29 is 9.59 Å². The maximum absolute atomic E-state index is 12.8. The standard InChI is InChI=1S/C22H28N4O2.ClH/c1-16(20(23)17-8-4-2-5-9-17)21(27)26-14-12-19(13-15-26)25-22(28)24-18-10-6-3-7-11-18;/h2-11,16,19-20H,12-15,23H2,1H3,(H2,24,25,28);1H. The topological polar surface area (TPSA) is 87.5 Å². The van der Waals surface area contributed by atoms with Crippen molar-refractivity contribution in [2.24, 2.45) is 11.7 Å². The van der Waals surface area contributed by atoms with Gasteiger partial charge < -0.3 is 21.3 Å². The molecule has 1 heterocycles. The Labute approximate surface area is 178 Å². The molecule has 29 heavy (non-hydrogen) atoms. The minimum absolute atomic E-state index is 0. The average Bonchev–Trinajstić information content (AvgIpc) is 2.74. The number of anilines is 1. The second kappa shape index (κ2) is 10.8. The summed E-state index contributed by atoms with van der Waals surface area (Å²) in [6.45, 7) is 3.14. The van der Waals surface area contributed by atoms with Gasteiger partial charge in [0, 0.05) is 30.9 Å². The van der Waals surface area contributed by atoms with Crippen LogP contribution in [0, 0.1) is 5.92 Å². The zero-order chi connectivity index (χ0) is 19.9. The van der Waals surface area contributed by atoms with Gasteiger partial charge in [-0.3, -0.25) is 4.79 Å². The fraction of sp³-hybridized carbons (Fsp3) is 0.364. The van der Waals surface area contributed by atoms with Crippen molar-refractivity contribution in [1.29, 1.82) is 0 Å². The highest BCUT2D eigenvalue weighted by Gasteiger charge is 2.30. The second-order valence-corrected chi connectivity index (χ2v) is 7.29. The largest absolute Gasteiger partial charge is 0.342 e. The normalized spacial score (nSPS) is 16.3. The Balaban J connectivity index is 0.00000300. The number of hydrogen-bond donors (Lipinski definition) is 3. The van der Waals surface area contributed by atoms with Crippen LogP contribution in [0.2, 0.25) is 0 Å². The monoisotopic (exact) mass is 416 g/mol. The summed E-state index contributed by atoms with van der Waals surface area (Å²) >= 11 is 0. The third kappa shape index (κ3) is 6.21. The number of benzene rings is 2. The lowest BCUT2D eigenvalue weighted by Crippen LogP contribution is -2.49. The van der Waals surface area contributed by atoms with E-state index in [9.17, 15) is 9.59 Å². The molecule has 3 rings (SSSR count). The lowest BCUT2D eigenvalue weighted by Gasteiger charge is -2.35. The Bertz CT molecular complexity index is 780. The van der Waals surface area contributed by atoms with E-state index in [1.807, 2.05) is 72.5 Å². The Hall–Kier alpha value is -2.57. The lowest BCUT2D eigenvalue weighted by atomic mass is 9.93. The van der Waals surface area contributed by atoms with Crippen LogP contribution in [-0.4, -0.2) is 36.0 Å². The van der Waals surface area contributed by atoms with E-state index in [2.05, 4.69) is 10.6 Å². The van der Waals surface area contributed by atoms with Crippen molar-refractivity contribution in [1.82, 2.24) is 10.2 Å². The average molecular weight is 417 g/mol. The summed E-state index contributed by atoms with van der Waals surface area (Å²) in [7, 11) is 0. The molecular formula is C22H29ClN4O2. The number of nitrogens with two attached hydrogens (primary N) is 1. The third-order valence-corrected chi connectivity index (χ3v) is 5.29. The maximum atomic E-state index is 12.8. The Morgan fingerprint density at radius 3 is 2.14 bits per heavy atom. The van der Waals surface area contributed by atoms with Crippen LogP contribution in [0.15, 0.2) is 60.7 Å². The number of amides is 3. The molecule has 0 aliphatic carbocycles. The summed E-state index contributed by atoms with van der Waals surface area (Å²) in [5.41, 5.74) is 8.03. The molecular weight excluding hydrogens is 388 g/mol. The van der Waals surface area contributed by atoms with Gasteiger partial charge in [-0.2, -0.15) is 0 Å². The molecule has 7 heteroatoms. The molecule has 4 N–H and O–H groups in total. The first kappa shape index (κ1) is 22.7. The van der Waals surface area contributed by atoms with E-state index in [0.717, 1.165) is 24.1 Å². The third-order valence-electron chi connectivity index (χ3n) is 5.29. The zero-order valence-electron chi connectivity index (χ0n) is 16.6. The number of carbonyl (C=O) groups excluding carboxylic acids is 2. The summed E-state index contributed by atoms with van der Waals surface area (Å²) in [4.78, 5) is 26.8. The summed E-state index contributed by atoms with van der Waals surface area (Å²) in [6, 6.07) is 18.6. The van der Waals surface area contributed by atoms with Crippen molar-refractivity contribution in [3.8, 4) is 0 Å². The molecule has 0 aromatic heterocycles. The molecule has 3 amide bonds. The fourth-order valence-electron chi connectivity index (χ4n) is 3.52. The van der Waals surface area contributed by atoms with Crippen molar-refractivity contribution >= 4 is 30.0 Å². The van der Waals surface area contributed by atoms with E-state index in [1.54, 1.807) is 0 Å². The van der Waals surface area contributed by atoms with Crippen LogP contribution in [0.1, 0.15) is 31.4 Å². The summed E-state index contributed by atoms with van der Waals surface area (Å²) in [5, 5.41) is 5.82. The highest BCUT2D eigenvalue weighted by molar-refractivity contribution is 5.89. The number of nitrogens with zero attached hydrogens (tertiary/aromatic N) is 1. The van der Waals surface area contributed by atoms with Crippen LogP contribution in [0.25, 0.3) is 0 Å². The van der Waals surface area contributed by atoms with Gasteiger partial charge in [-0.15, -0.1) is 12.4 Å². The van der Waals surface area contributed by atoms with Crippen molar-refractivity contribution in [2.75, 3.05) is 18.4 Å². The van der Waals surface area contributed by atoms with E-state index in [4.69, 9.17) is 5.73 Å². The number of piperidine rings is 1. The van der Waals surface area contributed by atoms with Gasteiger partial charge in [0.25, 0.3) is 0 Å². The number of halogens is 1. The van der Waals surface area contributed by atoms with Gasteiger partial charge in [0.05, 0.1) is 5.92 Å².